The van der Waals surface area contributed by atoms with E-state index in [1.54, 1.807) is 13.2 Å². The van der Waals surface area contributed by atoms with E-state index in [0.29, 0.717) is 23.9 Å². The largest absolute Gasteiger partial charge is 0.493 e. The van der Waals surface area contributed by atoms with Gasteiger partial charge in [-0.3, -0.25) is 4.79 Å². The Kier molecular flexibility index (Phi) is 9.74. The number of halogens is 2. The lowest BCUT2D eigenvalue weighted by atomic mass is 10.0. The van der Waals surface area contributed by atoms with Gasteiger partial charge in [-0.1, -0.05) is 60.1 Å². The Hall–Kier alpha value is -2.84. The van der Waals surface area contributed by atoms with Crippen LogP contribution in [0, 0.1) is 6.92 Å². The van der Waals surface area contributed by atoms with Crippen LogP contribution in [0.2, 0.25) is 0 Å². The van der Waals surface area contributed by atoms with E-state index in [0.717, 1.165) is 31.2 Å². The van der Waals surface area contributed by atoms with Gasteiger partial charge < -0.3 is 14.2 Å². The zero-order chi connectivity index (χ0) is 25.4. The number of ether oxygens (including phenoxy) is 3. The van der Waals surface area contributed by atoms with Crippen LogP contribution >= 0.6 is 31.9 Å². The Morgan fingerprint density at radius 1 is 1.03 bits per heavy atom. The topological polar surface area (TPSA) is 69.2 Å². The van der Waals surface area contributed by atoms with Gasteiger partial charge in [0.25, 0.3) is 5.91 Å². The zero-order valence-electron chi connectivity index (χ0n) is 20.1. The minimum absolute atomic E-state index is 0.141. The standard InChI is InChI=1S/C27H28Br2N2O4/c1-17(2)21-13-22(28)18(3)10-24(21)34-16-26(32)31-30-14-20-11-23(29)27(25(12-20)33-4)35-15-19-8-6-5-7-9-19/h5-14,17H,15-16H2,1-4H3,(H,31,32)/b30-14+. The Balaban J connectivity index is 1.60. The van der Waals surface area contributed by atoms with Crippen molar-refractivity contribution in [3.63, 3.8) is 0 Å². The summed E-state index contributed by atoms with van der Waals surface area (Å²) in [5, 5.41) is 4.05. The fourth-order valence-electron chi connectivity index (χ4n) is 3.29. The molecule has 0 saturated heterocycles. The van der Waals surface area contributed by atoms with E-state index in [-0.39, 0.29) is 18.4 Å². The fourth-order valence-corrected chi connectivity index (χ4v) is 4.22. The zero-order valence-corrected chi connectivity index (χ0v) is 23.3. The average Bonchev–Trinajstić information content (AvgIpc) is 2.84. The Morgan fingerprint density at radius 2 is 1.77 bits per heavy atom. The predicted molar refractivity (Wildman–Crippen MR) is 146 cm³/mol. The molecule has 0 saturated carbocycles. The highest BCUT2D eigenvalue weighted by Gasteiger charge is 2.13. The van der Waals surface area contributed by atoms with Crippen molar-refractivity contribution < 1.29 is 19.0 Å². The maximum atomic E-state index is 12.3. The quantitative estimate of drug-likeness (QED) is 0.205. The van der Waals surface area contributed by atoms with Crippen LogP contribution in [-0.4, -0.2) is 25.8 Å². The van der Waals surface area contributed by atoms with Crippen molar-refractivity contribution in [1.29, 1.82) is 0 Å². The van der Waals surface area contributed by atoms with Crippen molar-refractivity contribution >= 4 is 44.0 Å². The van der Waals surface area contributed by atoms with Crippen molar-refractivity contribution in [1.82, 2.24) is 5.43 Å². The van der Waals surface area contributed by atoms with Crippen LogP contribution in [0.15, 0.2) is 68.6 Å². The van der Waals surface area contributed by atoms with Crippen LogP contribution in [0.25, 0.3) is 0 Å². The number of nitrogens with one attached hydrogen (secondary N) is 1. The highest BCUT2D eigenvalue weighted by Crippen LogP contribution is 2.37. The van der Waals surface area contributed by atoms with Crippen molar-refractivity contribution in [2.24, 2.45) is 5.10 Å². The Morgan fingerprint density at radius 3 is 2.46 bits per heavy atom. The van der Waals surface area contributed by atoms with Gasteiger partial charge in [0.2, 0.25) is 0 Å². The number of hydrogen-bond donors (Lipinski definition) is 1. The number of amides is 1. The molecule has 3 aromatic carbocycles. The lowest BCUT2D eigenvalue weighted by molar-refractivity contribution is -0.123. The van der Waals surface area contributed by atoms with Crippen LogP contribution < -0.4 is 19.6 Å². The average molecular weight is 604 g/mol. The summed E-state index contributed by atoms with van der Waals surface area (Å²) in [7, 11) is 1.58. The molecular weight excluding hydrogens is 576 g/mol. The molecule has 3 rings (SSSR count). The minimum Gasteiger partial charge on any atom is -0.493 e. The number of benzene rings is 3. The monoisotopic (exact) mass is 602 g/mol. The molecule has 0 radical (unpaired) electrons. The lowest BCUT2D eigenvalue weighted by Crippen LogP contribution is -2.25. The summed E-state index contributed by atoms with van der Waals surface area (Å²) in [5.74, 6) is 1.75. The second-order valence-electron chi connectivity index (χ2n) is 8.18. The molecular formula is C27H28Br2N2O4. The molecule has 0 aliphatic rings. The second kappa shape index (κ2) is 12.7. The first-order valence-electron chi connectivity index (χ1n) is 11.1. The lowest BCUT2D eigenvalue weighted by Gasteiger charge is -2.15. The number of carbonyl (C=O) groups is 1. The minimum atomic E-state index is -0.356. The van der Waals surface area contributed by atoms with Gasteiger partial charge in [0.1, 0.15) is 12.4 Å². The normalized spacial score (nSPS) is 11.1. The van der Waals surface area contributed by atoms with E-state index in [4.69, 9.17) is 14.2 Å². The molecule has 0 spiro atoms. The summed E-state index contributed by atoms with van der Waals surface area (Å²) in [6, 6.07) is 17.5. The molecule has 184 valence electrons. The number of rotatable bonds is 10. The molecule has 35 heavy (non-hydrogen) atoms. The summed E-state index contributed by atoms with van der Waals surface area (Å²) in [5.41, 5.74) is 6.36. The molecule has 1 N–H and O–H groups in total. The van der Waals surface area contributed by atoms with E-state index in [2.05, 4.69) is 56.2 Å². The van der Waals surface area contributed by atoms with Crippen LogP contribution in [0.5, 0.6) is 17.2 Å². The second-order valence-corrected chi connectivity index (χ2v) is 9.89. The SMILES string of the molecule is COc1cc(/C=N/NC(=O)COc2cc(C)c(Br)cc2C(C)C)cc(Br)c1OCc1ccccc1. The maximum absolute atomic E-state index is 12.3. The summed E-state index contributed by atoms with van der Waals surface area (Å²) >= 11 is 7.09. The van der Waals surface area contributed by atoms with Crippen molar-refractivity contribution in [2.45, 2.75) is 33.3 Å². The van der Waals surface area contributed by atoms with Crippen molar-refractivity contribution in [3.8, 4) is 17.2 Å². The molecule has 0 aliphatic heterocycles. The molecule has 3 aromatic rings. The first-order valence-corrected chi connectivity index (χ1v) is 12.7. The third-order valence-electron chi connectivity index (χ3n) is 5.15. The van der Waals surface area contributed by atoms with Crippen LogP contribution in [0.4, 0.5) is 0 Å². The maximum Gasteiger partial charge on any atom is 0.277 e. The fraction of sp³-hybridized carbons (Fsp3) is 0.259. The van der Waals surface area contributed by atoms with Gasteiger partial charge in [0.15, 0.2) is 18.1 Å². The molecule has 1 amide bonds. The summed E-state index contributed by atoms with van der Waals surface area (Å²) < 4.78 is 19.0. The van der Waals surface area contributed by atoms with Gasteiger partial charge in [0.05, 0.1) is 17.8 Å². The Labute approximate surface area is 222 Å². The van der Waals surface area contributed by atoms with Crippen molar-refractivity contribution in [2.75, 3.05) is 13.7 Å². The number of nitrogens with zero attached hydrogens (tertiary/aromatic N) is 1. The summed E-state index contributed by atoms with van der Waals surface area (Å²) in [6.45, 7) is 6.42. The molecule has 0 atom stereocenters. The van der Waals surface area contributed by atoms with Crippen LogP contribution in [0.1, 0.15) is 42.0 Å². The predicted octanol–water partition coefficient (Wildman–Crippen LogP) is 6.76. The third kappa shape index (κ3) is 7.57. The van der Waals surface area contributed by atoms with E-state index in [9.17, 15) is 4.79 Å². The highest BCUT2D eigenvalue weighted by molar-refractivity contribution is 9.10. The smallest absolute Gasteiger partial charge is 0.277 e. The van der Waals surface area contributed by atoms with Gasteiger partial charge in [-0.15, -0.1) is 0 Å². The molecule has 8 heteroatoms. The van der Waals surface area contributed by atoms with E-state index in [1.165, 1.54) is 6.21 Å². The summed E-state index contributed by atoms with van der Waals surface area (Å²) in [4.78, 5) is 12.3. The Bertz CT molecular complexity index is 1200. The third-order valence-corrected chi connectivity index (χ3v) is 6.60. The molecule has 0 fully saturated rings. The van der Waals surface area contributed by atoms with Gasteiger partial charge in [-0.05, 0) is 75.3 Å². The summed E-state index contributed by atoms with van der Waals surface area (Å²) in [6.07, 6.45) is 1.54. The number of carbonyl (C=O) groups excluding carboxylic acids is 1. The van der Waals surface area contributed by atoms with E-state index >= 15 is 0 Å². The number of hydrogen-bond acceptors (Lipinski definition) is 5. The number of methoxy groups -OCH3 is 1. The molecule has 6 nitrogen and oxygen atoms in total. The van der Waals surface area contributed by atoms with Crippen LogP contribution in [0.3, 0.4) is 0 Å². The van der Waals surface area contributed by atoms with Gasteiger partial charge in [0, 0.05) is 4.47 Å². The molecule has 0 heterocycles. The molecule has 0 unspecified atom stereocenters. The van der Waals surface area contributed by atoms with E-state index in [1.807, 2.05) is 55.5 Å². The van der Waals surface area contributed by atoms with Gasteiger partial charge in [-0.25, -0.2) is 5.43 Å². The molecule has 0 aliphatic carbocycles. The number of hydrazone groups is 1. The van der Waals surface area contributed by atoms with Crippen LogP contribution in [-0.2, 0) is 11.4 Å². The van der Waals surface area contributed by atoms with Gasteiger partial charge >= 0.3 is 0 Å². The van der Waals surface area contributed by atoms with E-state index < -0.39 is 0 Å². The number of aryl methyl sites for hydroxylation is 1. The van der Waals surface area contributed by atoms with Gasteiger partial charge in [-0.2, -0.15) is 5.10 Å². The first kappa shape index (κ1) is 26.8. The highest BCUT2D eigenvalue weighted by atomic mass is 79.9. The van der Waals surface area contributed by atoms with Crippen molar-refractivity contribution in [3.05, 3.63) is 85.8 Å². The first-order chi connectivity index (χ1) is 16.8. The molecule has 0 aromatic heterocycles. The molecule has 0 bridgehead atoms.